The first-order valence-electron chi connectivity index (χ1n) is 5.40. The van der Waals surface area contributed by atoms with Gasteiger partial charge in [-0.1, -0.05) is 11.6 Å². The maximum Gasteiger partial charge on any atom is 0.291 e. The molecule has 19 heavy (non-hydrogen) atoms. The van der Waals surface area contributed by atoms with Gasteiger partial charge in [-0.2, -0.15) is 10.2 Å². The van der Waals surface area contributed by atoms with E-state index in [2.05, 4.69) is 20.7 Å². The highest BCUT2D eigenvalue weighted by Gasteiger charge is 2.07. The van der Waals surface area contributed by atoms with Crippen LogP contribution >= 0.6 is 11.6 Å². The van der Waals surface area contributed by atoms with Crippen molar-refractivity contribution in [2.75, 3.05) is 0 Å². The fourth-order valence-electron chi connectivity index (χ4n) is 1.38. The van der Waals surface area contributed by atoms with Crippen LogP contribution < -0.4 is 5.43 Å². The fourth-order valence-corrected chi connectivity index (χ4v) is 1.56. The van der Waals surface area contributed by atoms with Crippen molar-refractivity contribution in [1.29, 1.82) is 0 Å². The number of aromatic nitrogens is 2. The predicted molar refractivity (Wildman–Crippen MR) is 71.5 cm³/mol. The molecule has 0 aliphatic rings. The molecule has 0 unspecified atom stereocenters. The van der Waals surface area contributed by atoms with Crippen LogP contribution in [0.4, 0.5) is 0 Å². The normalized spacial score (nSPS) is 10.8. The molecule has 7 heteroatoms. The van der Waals surface area contributed by atoms with Gasteiger partial charge < -0.3 is 5.11 Å². The highest BCUT2D eigenvalue weighted by Crippen LogP contribution is 2.19. The molecule has 0 spiro atoms. The Labute approximate surface area is 114 Å². The molecule has 1 amide bonds. The van der Waals surface area contributed by atoms with Crippen molar-refractivity contribution in [1.82, 2.24) is 15.6 Å². The number of benzene rings is 1. The molecule has 6 nitrogen and oxygen atoms in total. The first-order valence-corrected chi connectivity index (χ1v) is 5.78. The number of rotatable bonds is 3. The summed E-state index contributed by atoms with van der Waals surface area (Å²) in [6.07, 6.45) is 1.30. The van der Waals surface area contributed by atoms with Crippen LogP contribution in [-0.4, -0.2) is 27.4 Å². The zero-order valence-corrected chi connectivity index (χ0v) is 10.8. The number of phenolic OH excluding ortho intramolecular Hbond substituents is 1. The number of hydrogen-bond acceptors (Lipinski definition) is 4. The van der Waals surface area contributed by atoms with Crippen molar-refractivity contribution in [2.45, 2.75) is 6.92 Å². The third kappa shape index (κ3) is 3.32. The van der Waals surface area contributed by atoms with Crippen LogP contribution in [-0.2, 0) is 0 Å². The second-order valence-corrected chi connectivity index (χ2v) is 4.27. The smallest absolute Gasteiger partial charge is 0.291 e. The lowest BCUT2D eigenvalue weighted by Gasteiger charge is -1.99. The third-order valence-corrected chi connectivity index (χ3v) is 2.53. The van der Waals surface area contributed by atoms with E-state index in [1.807, 2.05) is 0 Å². The summed E-state index contributed by atoms with van der Waals surface area (Å²) in [7, 11) is 0. The van der Waals surface area contributed by atoms with E-state index in [4.69, 9.17) is 11.6 Å². The molecule has 0 bridgehead atoms. The molecule has 98 valence electrons. The van der Waals surface area contributed by atoms with Crippen molar-refractivity contribution in [3.05, 3.63) is 46.2 Å². The van der Waals surface area contributed by atoms with Crippen molar-refractivity contribution in [3.63, 3.8) is 0 Å². The van der Waals surface area contributed by atoms with Gasteiger partial charge in [0.2, 0.25) is 0 Å². The Hall–Kier alpha value is -2.34. The van der Waals surface area contributed by atoms with Crippen molar-refractivity contribution in [3.8, 4) is 5.75 Å². The van der Waals surface area contributed by atoms with E-state index in [0.717, 1.165) is 5.69 Å². The van der Waals surface area contributed by atoms with Crippen molar-refractivity contribution < 1.29 is 9.90 Å². The Morgan fingerprint density at radius 1 is 1.53 bits per heavy atom. The molecule has 2 aromatic rings. The van der Waals surface area contributed by atoms with Crippen LogP contribution in [0.3, 0.4) is 0 Å². The van der Waals surface area contributed by atoms with Gasteiger partial charge in [0.25, 0.3) is 5.91 Å². The molecule has 0 saturated carbocycles. The minimum atomic E-state index is -0.442. The Kier molecular flexibility index (Phi) is 3.82. The SMILES string of the molecule is Cc1cc(C(=O)N/N=C\c2cc(Cl)ccc2O)n[nH]1. The molecule has 0 aliphatic carbocycles. The minimum Gasteiger partial charge on any atom is -0.507 e. The van der Waals surface area contributed by atoms with Crippen LogP contribution in [0.5, 0.6) is 5.75 Å². The van der Waals surface area contributed by atoms with E-state index in [1.54, 1.807) is 19.1 Å². The van der Waals surface area contributed by atoms with E-state index in [9.17, 15) is 9.90 Å². The number of hydrazone groups is 1. The molecule has 0 fully saturated rings. The van der Waals surface area contributed by atoms with Gasteiger partial charge in [0.05, 0.1) is 6.21 Å². The molecule has 0 radical (unpaired) electrons. The molecule has 0 atom stereocenters. The standard InChI is InChI=1S/C12H11ClN4O2/c1-7-4-10(16-15-7)12(19)17-14-6-8-5-9(13)2-3-11(8)18/h2-6,18H,1H3,(H,15,16)(H,17,19)/b14-6-. The Morgan fingerprint density at radius 2 is 2.32 bits per heavy atom. The highest BCUT2D eigenvalue weighted by molar-refractivity contribution is 6.30. The van der Waals surface area contributed by atoms with Crippen LogP contribution in [0.2, 0.25) is 5.02 Å². The number of amides is 1. The number of nitrogens with one attached hydrogen (secondary N) is 2. The third-order valence-electron chi connectivity index (χ3n) is 2.30. The summed E-state index contributed by atoms with van der Waals surface area (Å²) in [4.78, 5) is 11.6. The average molecular weight is 279 g/mol. The Bertz CT molecular complexity index is 636. The van der Waals surface area contributed by atoms with E-state index in [-0.39, 0.29) is 11.4 Å². The summed E-state index contributed by atoms with van der Waals surface area (Å²) < 4.78 is 0. The molecule has 3 N–H and O–H groups in total. The lowest BCUT2D eigenvalue weighted by atomic mass is 10.2. The Morgan fingerprint density at radius 3 is 3.00 bits per heavy atom. The van der Waals surface area contributed by atoms with E-state index < -0.39 is 5.91 Å². The van der Waals surface area contributed by atoms with Crippen molar-refractivity contribution in [2.24, 2.45) is 5.10 Å². The van der Waals surface area contributed by atoms with E-state index in [0.29, 0.717) is 10.6 Å². The molecule has 0 saturated heterocycles. The number of nitrogens with zero attached hydrogens (tertiary/aromatic N) is 2. The number of phenols is 1. The number of H-pyrrole nitrogens is 1. The van der Waals surface area contributed by atoms with Gasteiger partial charge in [0, 0.05) is 16.3 Å². The topological polar surface area (TPSA) is 90.4 Å². The average Bonchev–Trinajstić information content (AvgIpc) is 2.80. The maximum atomic E-state index is 11.6. The van der Waals surface area contributed by atoms with Gasteiger partial charge in [-0.15, -0.1) is 0 Å². The predicted octanol–water partition coefficient (Wildman–Crippen LogP) is 1.84. The molecule has 0 aliphatic heterocycles. The van der Waals surface area contributed by atoms with Crippen molar-refractivity contribution >= 4 is 23.7 Å². The zero-order chi connectivity index (χ0) is 13.8. The van der Waals surface area contributed by atoms with Crippen LogP contribution in [0.25, 0.3) is 0 Å². The van der Waals surface area contributed by atoms with E-state index in [1.165, 1.54) is 18.3 Å². The van der Waals surface area contributed by atoms with Crippen LogP contribution in [0.1, 0.15) is 21.7 Å². The summed E-state index contributed by atoms with van der Waals surface area (Å²) in [6.45, 7) is 1.79. The first-order chi connectivity index (χ1) is 9.06. The molecule has 1 heterocycles. The monoisotopic (exact) mass is 278 g/mol. The van der Waals surface area contributed by atoms with E-state index >= 15 is 0 Å². The summed E-state index contributed by atoms with van der Waals surface area (Å²) in [6, 6.07) is 6.13. The number of halogens is 1. The Balaban J connectivity index is 2.04. The summed E-state index contributed by atoms with van der Waals surface area (Å²) in [5, 5.41) is 20.2. The molecule has 1 aromatic heterocycles. The number of aryl methyl sites for hydroxylation is 1. The molecule has 1 aromatic carbocycles. The molecular formula is C12H11ClN4O2. The highest BCUT2D eigenvalue weighted by atomic mass is 35.5. The second kappa shape index (κ2) is 5.53. The van der Waals surface area contributed by atoms with Crippen LogP contribution in [0, 0.1) is 6.92 Å². The molecular weight excluding hydrogens is 268 g/mol. The summed E-state index contributed by atoms with van der Waals surface area (Å²) in [5.41, 5.74) is 3.73. The number of carbonyl (C=O) groups excluding carboxylic acids is 1. The summed E-state index contributed by atoms with van der Waals surface area (Å²) >= 11 is 5.78. The summed E-state index contributed by atoms with van der Waals surface area (Å²) in [5.74, 6) is -0.417. The van der Waals surface area contributed by atoms with Crippen LogP contribution in [0.15, 0.2) is 29.4 Å². The van der Waals surface area contributed by atoms with Gasteiger partial charge in [0.15, 0.2) is 5.69 Å². The lowest BCUT2D eigenvalue weighted by Crippen LogP contribution is -2.18. The quantitative estimate of drug-likeness (QED) is 0.591. The number of carbonyl (C=O) groups is 1. The number of aromatic hydroxyl groups is 1. The zero-order valence-electron chi connectivity index (χ0n) is 10.0. The second-order valence-electron chi connectivity index (χ2n) is 3.84. The van der Waals surface area contributed by atoms with Gasteiger partial charge in [-0.25, -0.2) is 5.43 Å². The van der Waals surface area contributed by atoms with Gasteiger partial charge >= 0.3 is 0 Å². The van der Waals surface area contributed by atoms with Gasteiger partial charge in [0.1, 0.15) is 5.75 Å². The minimum absolute atomic E-state index is 0.0259. The lowest BCUT2D eigenvalue weighted by molar-refractivity contribution is 0.0950. The first kappa shape index (κ1) is 13.1. The largest absolute Gasteiger partial charge is 0.507 e. The number of aromatic amines is 1. The maximum absolute atomic E-state index is 11.6. The van der Waals surface area contributed by atoms with Gasteiger partial charge in [-0.05, 0) is 31.2 Å². The fraction of sp³-hybridized carbons (Fsp3) is 0.0833. The number of hydrogen-bond donors (Lipinski definition) is 3. The van der Waals surface area contributed by atoms with Gasteiger partial charge in [-0.3, -0.25) is 9.89 Å². The molecule has 2 rings (SSSR count).